The van der Waals surface area contributed by atoms with Crippen LogP contribution >= 0.6 is 0 Å². The molecule has 25 heavy (non-hydrogen) atoms. The van der Waals surface area contributed by atoms with Gasteiger partial charge in [-0.2, -0.15) is 0 Å². The number of aryl methyl sites for hydroxylation is 1. The van der Waals surface area contributed by atoms with Gasteiger partial charge in [0.25, 0.3) is 5.91 Å². The molecular formula is C19H27N3O3. The number of nitrogens with zero attached hydrogens (tertiary/aromatic N) is 2. The Kier molecular flexibility index (Phi) is 5.50. The lowest BCUT2D eigenvalue weighted by atomic mass is 9.91. The summed E-state index contributed by atoms with van der Waals surface area (Å²) in [6.45, 7) is 7.90. The van der Waals surface area contributed by atoms with E-state index < -0.39 is 11.6 Å². The maximum Gasteiger partial charge on any atom is 0.325 e. The Bertz CT molecular complexity index is 686. The summed E-state index contributed by atoms with van der Waals surface area (Å²) in [7, 11) is 1.68. The highest BCUT2D eigenvalue weighted by molar-refractivity contribution is 6.08. The molecule has 6 nitrogen and oxygen atoms in total. The molecule has 0 bridgehead atoms. The Morgan fingerprint density at radius 1 is 1.28 bits per heavy atom. The number of nitrogens with one attached hydrogen (secondary N) is 1. The molecule has 136 valence electrons. The highest BCUT2D eigenvalue weighted by Crippen LogP contribution is 2.25. The van der Waals surface area contributed by atoms with Crippen molar-refractivity contribution in [1.29, 1.82) is 0 Å². The second-order valence-corrected chi connectivity index (χ2v) is 7.43. The Labute approximate surface area is 149 Å². The zero-order valence-electron chi connectivity index (χ0n) is 15.6. The molecule has 1 unspecified atom stereocenters. The zero-order valence-corrected chi connectivity index (χ0v) is 15.6. The minimum atomic E-state index is -0.930. The van der Waals surface area contributed by atoms with Crippen LogP contribution in [0.2, 0.25) is 0 Å². The summed E-state index contributed by atoms with van der Waals surface area (Å²) in [6.07, 6.45) is 0.543. The molecule has 1 saturated heterocycles. The average Bonchev–Trinajstić information content (AvgIpc) is 2.71. The van der Waals surface area contributed by atoms with Crippen molar-refractivity contribution in [2.75, 3.05) is 13.6 Å². The van der Waals surface area contributed by atoms with Crippen molar-refractivity contribution < 1.29 is 14.4 Å². The predicted molar refractivity (Wildman–Crippen MR) is 95.8 cm³/mol. The van der Waals surface area contributed by atoms with Gasteiger partial charge >= 0.3 is 6.03 Å². The van der Waals surface area contributed by atoms with Gasteiger partial charge in [0.2, 0.25) is 5.91 Å². The molecule has 1 aromatic rings. The molecule has 0 spiro atoms. The van der Waals surface area contributed by atoms with Crippen LogP contribution in [-0.2, 0) is 16.1 Å². The first-order valence-electron chi connectivity index (χ1n) is 8.56. The van der Waals surface area contributed by atoms with Crippen molar-refractivity contribution in [3.8, 4) is 0 Å². The number of benzene rings is 1. The molecule has 1 N–H and O–H groups in total. The highest BCUT2D eigenvalue weighted by Gasteiger charge is 2.48. The lowest BCUT2D eigenvalue weighted by molar-refractivity contribution is -0.138. The monoisotopic (exact) mass is 345 g/mol. The molecule has 4 amide bonds. The Hall–Kier alpha value is -2.37. The van der Waals surface area contributed by atoms with E-state index in [0.29, 0.717) is 13.0 Å². The number of urea groups is 1. The van der Waals surface area contributed by atoms with Gasteiger partial charge in [0.05, 0.1) is 0 Å². The van der Waals surface area contributed by atoms with Crippen LogP contribution in [0.15, 0.2) is 24.3 Å². The molecule has 0 aliphatic carbocycles. The third-order valence-corrected chi connectivity index (χ3v) is 4.55. The van der Waals surface area contributed by atoms with E-state index in [1.807, 2.05) is 45.0 Å². The number of likely N-dealkylation sites (N-methyl/N-ethyl adjacent to an activating group) is 1. The van der Waals surface area contributed by atoms with Crippen molar-refractivity contribution in [3.05, 3.63) is 35.4 Å². The van der Waals surface area contributed by atoms with Crippen LogP contribution < -0.4 is 5.32 Å². The van der Waals surface area contributed by atoms with Gasteiger partial charge in [0, 0.05) is 13.6 Å². The summed E-state index contributed by atoms with van der Waals surface area (Å²) >= 11 is 0. The van der Waals surface area contributed by atoms with Gasteiger partial charge in [-0.15, -0.1) is 0 Å². The predicted octanol–water partition coefficient (Wildman–Crippen LogP) is 2.31. The summed E-state index contributed by atoms with van der Waals surface area (Å²) in [5.74, 6) is -0.335. The maximum atomic E-state index is 12.6. The summed E-state index contributed by atoms with van der Waals surface area (Å²) in [4.78, 5) is 39.9. The van der Waals surface area contributed by atoms with E-state index in [-0.39, 0.29) is 24.3 Å². The molecule has 0 radical (unpaired) electrons. The molecule has 1 atom stereocenters. The largest absolute Gasteiger partial charge is 0.340 e. The van der Waals surface area contributed by atoms with Crippen molar-refractivity contribution in [2.45, 2.75) is 46.2 Å². The number of amides is 4. The van der Waals surface area contributed by atoms with Crippen LogP contribution in [0.5, 0.6) is 0 Å². The molecule has 1 fully saturated rings. The first kappa shape index (κ1) is 19.0. The molecular weight excluding hydrogens is 318 g/mol. The summed E-state index contributed by atoms with van der Waals surface area (Å²) in [5, 5.41) is 2.73. The number of imide groups is 1. The quantitative estimate of drug-likeness (QED) is 0.805. The number of hydrogen-bond donors (Lipinski definition) is 1. The molecule has 6 heteroatoms. The molecule has 1 aliphatic heterocycles. The fourth-order valence-electron chi connectivity index (χ4n) is 3.23. The fraction of sp³-hybridized carbons (Fsp3) is 0.526. The standard InChI is InChI=1S/C19H27N3O3/c1-13(2)10-19(4)17(24)22(18(25)20-19)12-16(23)21(5)11-15-9-7-6-8-14(15)3/h6-9,13H,10-12H2,1-5H3,(H,20,25). The minimum Gasteiger partial charge on any atom is -0.340 e. The SMILES string of the molecule is Cc1ccccc1CN(C)C(=O)CN1C(=O)NC(C)(CC(C)C)C1=O. The van der Waals surface area contributed by atoms with Crippen molar-refractivity contribution in [2.24, 2.45) is 5.92 Å². The lowest BCUT2D eigenvalue weighted by Crippen LogP contribution is -2.46. The van der Waals surface area contributed by atoms with Gasteiger partial charge in [0.1, 0.15) is 12.1 Å². The molecule has 1 aliphatic rings. The second kappa shape index (κ2) is 7.25. The van der Waals surface area contributed by atoms with Crippen LogP contribution in [0.4, 0.5) is 4.79 Å². The highest BCUT2D eigenvalue weighted by atomic mass is 16.2. The molecule has 1 aromatic carbocycles. The van der Waals surface area contributed by atoms with Crippen molar-refractivity contribution in [3.63, 3.8) is 0 Å². The smallest absolute Gasteiger partial charge is 0.325 e. The van der Waals surface area contributed by atoms with Crippen LogP contribution in [0.3, 0.4) is 0 Å². The minimum absolute atomic E-state index is 0.235. The number of carbonyl (C=O) groups is 3. The normalized spacial score (nSPS) is 20.2. The first-order chi connectivity index (χ1) is 11.6. The summed E-state index contributed by atoms with van der Waals surface area (Å²) in [6, 6.07) is 7.33. The summed E-state index contributed by atoms with van der Waals surface area (Å²) < 4.78 is 0. The average molecular weight is 345 g/mol. The fourth-order valence-corrected chi connectivity index (χ4v) is 3.23. The second-order valence-electron chi connectivity index (χ2n) is 7.43. The Balaban J connectivity index is 2.03. The van der Waals surface area contributed by atoms with Crippen LogP contribution in [-0.4, -0.2) is 46.8 Å². The van der Waals surface area contributed by atoms with Gasteiger partial charge in [-0.3, -0.25) is 14.5 Å². The van der Waals surface area contributed by atoms with Gasteiger partial charge in [-0.25, -0.2) is 4.79 Å². The first-order valence-corrected chi connectivity index (χ1v) is 8.56. The molecule has 2 rings (SSSR count). The molecule has 0 saturated carbocycles. The van der Waals surface area contributed by atoms with Gasteiger partial charge < -0.3 is 10.2 Å². The third kappa shape index (κ3) is 4.18. The maximum absolute atomic E-state index is 12.6. The lowest BCUT2D eigenvalue weighted by Gasteiger charge is -2.24. The van der Waals surface area contributed by atoms with E-state index in [0.717, 1.165) is 16.0 Å². The Morgan fingerprint density at radius 3 is 2.52 bits per heavy atom. The summed E-state index contributed by atoms with van der Waals surface area (Å²) in [5.41, 5.74) is 1.21. The Morgan fingerprint density at radius 2 is 1.92 bits per heavy atom. The van der Waals surface area contributed by atoms with Crippen LogP contribution in [0, 0.1) is 12.8 Å². The van der Waals surface area contributed by atoms with Crippen molar-refractivity contribution >= 4 is 17.8 Å². The van der Waals surface area contributed by atoms with Gasteiger partial charge in [0.15, 0.2) is 0 Å². The zero-order chi connectivity index (χ0) is 18.8. The topological polar surface area (TPSA) is 69.7 Å². The van der Waals surface area contributed by atoms with Gasteiger partial charge in [-0.05, 0) is 37.3 Å². The van der Waals surface area contributed by atoms with Crippen molar-refractivity contribution in [1.82, 2.24) is 15.1 Å². The molecule has 0 aromatic heterocycles. The van der Waals surface area contributed by atoms with Crippen LogP contribution in [0.1, 0.15) is 38.3 Å². The number of carbonyl (C=O) groups excluding carboxylic acids is 3. The van der Waals surface area contributed by atoms with E-state index in [9.17, 15) is 14.4 Å². The van der Waals surface area contributed by atoms with E-state index in [1.165, 1.54) is 0 Å². The number of rotatable bonds is 6. The van der Waals surface area contributed by atoms with E-state index >= 15 is 0 Å². The molecule has 1 heterocycles. The van der Waals surface area contributed by atoms with E-state index in [2.05, 4.69) is 5.32 Å². The van der Waals surface area contributed by atoms with E-state index in [1.54, 1.807) is 18.9 Å². The number of hydrogen-bond acceptors (Lipinski definition) is 3. The van der Waals surface area contributed by atoms with E-state index in [4.69, 9.17) is 0 Å². The third-order valence-electron chi connectivity index (χ3n) is 4.55. The van der Waals surface area contributed by atoms with Gasteiger partial charge in [-0.1, -0.05) is 38.1 Å². The van der Waals surface area contributed by atoms with Crippen LogP contribution in [0.25, 0.3) is 0 Å².